The summed E-state index contributed by atoms with van der Waals surface area (Å²) in [5.74, 6) is -1.22. The number of nitrogens with zero attached hydrogens (tertiary/aromatic N) is 2. The van der Waals surface area contributed by atoms with Crippen molar-refractivity contribution >= 4 is 40.5 Å². The minimum atomic E-state index is -1.05. The van der Waals surface area contributed by atoms with E-state index in [9.17, 15) is 14.7 Å². The molecule has 1 amide bonds. The van der Waals surface area contributed by atoms with Gasteiger partial charge in [0.15, 0.2) is 0 Å². The lowest BCUT2D eigenvalue weighted by Gasteiger charge is -2.37. The van der Waals surface area contributed by atoms with Crippen LogP contribution in [0.4, 0.5) is 17.1 Å². The molecule has 3 rings (SSSR count). The molecule has 0 radical (unpaired) electrons. The summed E-state index contributed by atoms with van der Waals surface area (Å²) < 4.78 is 0. The lowest BCUT2D eigenvalue weighted by atomic mass is 10.1. The number of amides is 1. The van der Waals surface area contributed by atoms with E-state index in [1.165, 1.54) is 0 Å². The summed E-state index contributed by atoms with van der Waals surface area (Å²) >= 11 is 6.08. The van der Waals surface area contributed by atoms with Crippen LogP contribution in [0.1, 0.15) is 30.1 Å². The molecule has 28 heavy (non-hydrogen) atoms. The number of hydrogen-bond donors (Lipinski definition) is 2. The number of carboxylic acids is 1. The molecule has 0 atom stereocenters. The van der Waals surface area contributed by atoms with Gasteiger partial charge in [0, 0.05) is 49.0 Å². The normalized spacial score (nSPS) is 14.1. The number of hydrogen-bond acceptors (Lipinski definition) is 4. The first-order chi connectivity index (χ1) is 13.5. The molecule has 148 valence electrons. The van der Waals surface area contributed by atoms with Gasteiger partial charge in [0.1, 0.15) is 0 Å². The van der Waals surface area contributed by atoms with Crippen molar-refractivity contribution in [1.82, 2.24) is 0 Å². The van der Waals surface area contributed by atoms with Crippen LogP contribution in [0.5, 0.6) is 0 Å². The van der Waals surface area contributed by atoms with Crippen molar-refractivity contribution in [3.05, 3.63) is 53.1 Å². The van der Waals surface area contributed by atoms with E-state index in [0.717, 1.165) is 37.6 Å². The van der Waals surface area contributed by atoms with Gasteiger partial charge >= 0.3 is 5.97 Å². The molecule has 1 heterocycles. The number of benzene rings is 2. The topological polar surface area (TPSA) is 72.9 Å². The smallest absolute Gasteiger partial charge is 0.337 e. The maximum absolute atomic E-state index is 11.8. The minimum absolute atomic E-state index is 0.110. The summed E-state index contributed by atoms with van der Waals surface area (Å²) in [6.07, 6.45) is 1.08. The van der Waals surface area contributed by atoms with Crippen molar-refractivity contribution in [3.63, 3.8) is 0 Å². The number of anilines is 3. The number of aromatic carboxylic acids is 1. The fourth-order valence-corrected chi connectivity index (χ4v) is 3.53. The Morgan fingerprint density at radius 1 is 1.04 bits per heavy atom. The van der Waals surface area contributed by atoms with Gasteiger partial charge in [-0.05, 0) is 42.8 Å². The second kappa shape index (κ2) is 8.97. The number of carbonyl (C=O) groups excluding carboxylic acids is 1. The van der Waals surface area contributed by atoms with E-state index in [-0.39, 0.29) is 11.5 Å². The molecule has 0 aliphatic carbocycles. The van der Waals surface area contributed by atoms with Gasteiger partial charge in [-0.1, -0.05) is 24.6 Å². The minimum Gasteiger partial charge on any atom is -0.478 e. The Morgan fingerprint density at radius 3 is 2.25 bits per heavy atom. The zero-order chi connectivity index (χ0) is 20.1. The molecule has 1 fully saturated rings. The molecule has 1 aliphatic rings. The lowest BCUT2D eigenvalue weighted by Crippen LogP contribution is -2.46. The molecule has 1 aliphatic heterocycles. The molecule has 2 aromatic rings. The first kappa shape index (κ1) is 20.0. The van der Waals surface area contributed by atoms with Crippen LogP contribution in [0.3, 0.4) is 0 Å². The van der Waals surface area contributed by atoms with Crippen LogP contribution in [0.2, 0.25) is 5.02 Å². The number of carbonyl (C=O) groups is 2. The molecule has 7 heteroatoms. The Bertz CT molecular complexity index is 864. The molecule has 0 bridgehead atoms. The Morgan fingerprint density at radius 2 is 1.68 bits per heavy atom. The maximum Gasteiger partial charge on any atom is 0.337 e. The van der Waals surface area contributed by atoms with Gasteiger partial charge < -0.3 is 20.2 Å². The van der Waals surface area contributed by atoms with Crippen LogP contribution in [0, 0.1) is 0 Å². The van der Waals surface area contributed by atoms with Gasteiger partial charge in [-0.15, -0.1) is 0 Å². The van der Waals surface area contributed by atoms with Crippen molar-refractivity contribution in [3.8, 4) is 0 Å². The molecule has 0 unspecified atom stereocenters. The molecule has 6 nitrogen and oxygen atoms in total. The third-order valence-corrected chi connectivity index (χ3v) is 5.04. The van der Waals surface area contributed by atoms with Gasteiger partial charge in [0.25, 0.3) is 0 Å². The number of rotatable bonds is 6. The number of carboxylic acid groups (broad SMARTS) is 1. The van der Waals surface area contributed by atoms with Gasteiger partial charge in [0.2, 0.25) is 5.91 Å². The Kier molecular flexibility index (Phi) is 6.41. The molecule has 2 aromatic carbocycles. The van der Waals surface area contributed by atoms with E-state index in [1.807, 2.05) is 37.3 Å². The van der Waals surface area contributed by atoms with E-state index in [0.29, 0.717) is 23.6 Å². The molecular formula is C21H24ClN3O3. The first-order valence-corrected chi connectivity index (χ1v) is 9.78. The fourth-order valence-electron chi connectivity index (χ4n) is 3.35. The highest BCUT2D eigenvalue weighted by Gasteiger charge is 2.20. The standard InChI is InChI=1S/C21H24ClN3O3/c1-2-4-20(26)23-19-8-7-17(14-18(19)21(27)28)25-11-9-24(10-12-25)16-6-3-5-15(22)13-16/h3,5-8,13-14H,2,4,9-12H2,1H3,(H,23,26)(H,27,28). The van der Waals surface area contributed by atoms with Crippen molar-refractivity contribution in [2.24, 2.45) is 0 Å². The van der Waals surface area contributed by atoms with Gasteiger partial charge in [-0.2, -0.15) is 0 Å². The average molecular weight is 402 g/mol. The van der Waals surface area contributed by atoms with Crippen LogP contribution < -0.4 is 15.1 Å². The number of halogens is 1. The highest BCUT2D eigenvalue weighted by Crippen LogP contribution is 2.26. The fraction of sp³-hybridized carbons (Fsp3) is 0.333. The summed E-state index contributed by atoms with van der Waals surface area (Å²) in [7, 11) is 0. The average Bonchev–Trinajstić information content (AvgIpc) is 2.68. The summed E-state index contributed by atoms with van der Waals surface area (Å²) in [6, 6.07) is 13.0. The summed E-state index contributed by atoms with van der Waals surface area (Å²) in [4.78, 5) is 27.9. The predicted molar refractivity (Wildman–Crippen MR) is 113 cm³/mol. The van der Waals surface area contributed by atoms with Gasteiger partial charge in [0.05, 0.1) is 11.3 Å². The van der Waals surface area contributed by atoms with Gasteiger partial charge in [-0.25, -0.2) is 4.79 Å². The molecule has 1 saturated heterocycles. The van der Waals surface area contributed by atoms with Crippen LogP contribution in [0.15, 0.2) is 42.5 Å². The summed E-state index contributed by atoms with van der Waals surface area (Å²) in [5, 5.41) is 13.0. The summed E-state index contributed by atoms with van der Waals surface area (Å²) in [5.41, 5.74) is 2.38. The number of piperazine rings is 1. The molecule has 2 N–H and O–H groups in total. The predicted octanol–water partition coefficient (Wildman–Crippen LogP) is 4.10. The van der Waals surface area contributed by atoms with E-state index in [4.69, 9.17) is 11.6 Å². The van der Waals surface area contributed by atoms with E-state index >= 15 is 0 Å². The lowest BCUT2D eigenvalue weighted by molar-refractivity contribution is -0.116. The molecule has 0 aromatic heterocycles. The largest absolute Gasteiger partial charge is 0.478 e. The first-order valence-electron chi connectivity index (χ1n) is 9.40. The highest BCUT2D eigenvalue weighted by atomic mass is 35.5. The van der Waals surface area contributed by atoms with E-state index < -0.39 is 5.97 Å². The number of nitrogens with one attached hydrogen (secondary N) is 1. The highest BCUT2D eigenvalue weighted by molar-refractivity contribution is 6.30. The molecule has 0 saturated carbocycles. The SMILES string of the molecule is CCCC(=O)Nc1ccc(N2CCN(c3cccc(Cl)c3)CC2)cc1C(=O)O. The zero-order valence-electron chi connectivity index (χ0n) is 15.8. The molecule has 0 spiro atoms. The van der Waals surface area contributed by atoms with Crippen LogP contribution in [0.25, 0.3) is 0 Å². The Balaban J connectivity index is 1.71. The van der Waals surface area contributed by atoms with Crippen molar-refractivity contribution < 1.29 is 14.7 Å². The van der Waals surface area contributed by atoms with E-state index in [1.54, 1.807) is 12.1 Å². The van der Waals surface area contributed by atoms with Gasteiger partial charge in [-0.3, -0.25) is 4.79 Å². The quantitative estimate of drug-likeness (QED) is 0.762. The third kappa shape index (κ3) is 4.75. The maximum atomic E-state index is 11.8. The van der Waals surface area contributed by atoms with Crippen LogP contribution >= 0.6 is 11.6 Å². The Labute approximate surface area is 169 Å². The van der Waals surface area contributed by atoms with Crippen LogP contribution in [-0.4, -0.2) is 43.2 Å². The van der Waals surface area contributed by atoms with E-state index in [2.05, 4.69) is 15.1 Å². The zero-order valence-corrected chi connectivity index (χ0v) is 16.6. The molecular weight excluding hydrogens is 378 g/mol. The third-order valence-electron chi connectivity index (χ3n) is 4.80. The second-order valence-corrected chi connectivity index (χ2v) is 7.22. The van der Waals surface area contributed by atoms with Crippen molar-refractivity contribution in [2.75, 3.05) is 41.3 Å². The van der Waals surface area contributed by atoms with Crippen LogP contribution in [-0.2, 0) is 4.79 Å². The summed E-state index contributed by atoms with van der Waals surface area (Å²) in [6.45, 7) is 5.08. The second-order valence-electron chi connectivity index (χ2n) is 6.79. The van der Waals surface area contributed by atoms with Crippen molar-refractivity contribution in [2.45, 2.75) is 19.8 Å². The monoisotopic (exact) mass is 401 g/mol. The van der Waals surface area contributed by atoms with Crippen molar-refractivity contribution in [1.29, 1.82) is 0 Å². The Hall–Kier alpha value is -2.73.